The quantitative estimate of drug-likeness (QED) is 0.419. The molecule has 5 nitrogen and oxygen atoms in total. The van der Waals surface area contributed by atoms with Crippen molar-refractivity contribution in [1.82, 2.24) is 0 Å². The number of carbonyl (C=O) groups is 3. The van der Waals surface area contributed by atoms with Crippen molar-refractivity contribution in [3.63, 3.8) is 0 Å². The van der Waals surface area contributed by atoms with Crippen LogP contribution in [-0.4, -0.2) is 24.3 Å². The van der Waals surface area contributed by atoms with Crippen LogP contribution in [0.3, 0.4) is 0 Å². The van der Waals surface area contributed by atoms with Gasteiger partial charge in [-0.3, -0.25) is 14.4 Å². The van der Waals surface area contributed by atoms with Crippen LogP contribution < -0.4 is 5.32 Å². The van der Waals surface area contributed by atoms with Crippen molar-refractivity contribution >= 4 is 34.7 Å². The molecule has 0 saturated carbocycles. The van der Waals surface area contributed by atoms with Crippen LogP contribution in [0.25, 0.3) is 0 Å². The van der Waals surface area contributed by atoms with Gasteiger partial charge >= 0.3 is 5.97 Å². The highest BCUT2D eigenvalue weighted by molar-refractivity contribution is 7.12. The van der Waals surface area contributed by atoms with Gasteiger partial charge in [0.05, 0.1) is 11.3 Å². The van der Waals surface area contributed by atoms with Gasteiger partial charge in [0, 0.05) is 12.1 Å². The number of thiophene rings is 1. The molecular weight excluding hydrogens is 386 g/mol. The Labute approximate surface area is 173 Å². The first-order chi connectivity index (χ1) is 14.1. The molecule has 148 valence electrons. The maximum atomic E-state index is 12.2. The molecule has 0 radical (unpaired) electrons. The fourth-order valence-electron chi connectivity index (χ4n) is 2.79. The molecule has 29 heavy (non-hydrogen) atoms. The van der Waals surface area contributed by atoms with Gasteiger partial charge in [0.1, 0.15) is 0 Å². The van der Waals surface area contributed by atoms with Gasteiger partial charge < -0.3 is 10.1 Å². The number of para-hydroxylation sites is 1. The van der Waals surface area contributed by atoms with Crippen LogP contribution in [0.1, 0.15) is 33.6 Å². The SMILES string of the molecule is O=C(COC(=O)CCC(=O)c1cccs1)Nc1ccccc1Cc1ccccc1. The zero-order valence-electron chi connectivity index (χ0n) is 15.8. The summed E-state index contributed by atoms with van der Waals surface area (Å²) in [5.74, 6) is -1.08. The lowest BCUT2D eigenvalue weighted by atomic mass is 10.0. The number of ketones is 1. The summed E-state index contributed by atoms with van der Waals surface area (Å²) in [6.45, 7) is -0.383. The fraction of sp³-hybridized carbons (Fsp3) is 0.174. The second-order valence-corrected chi connectivity index (χ2v) is 7.38. The molecule has 0 aliphatic carbocycles. The lowest BCUT2D eigenvalue weighted by Crippen LogP contribution is -2.21. The third-order valence-corrected chi connectivity index (χ3v) is 5.16. The highest BCUT2D eigenvalue weighted by Crippen LogP contribution is 2.19. The first-order valence-corrected chi connectivity index (χ1v) is 10.1. The number of ether oxygens (including phenoxy) is 1. The maximum Gasteiger partial charge on any atom is 0.306 e. The van der Waals surface area contributed by atoms with Gasteiger partial charge in [-0.15, -0.1) is 11.3 Å². The number of hydrogen-bond donors (Lipinski definition) is 1. The van der Waals surface area contributed by atoms with Gasteiger partial charge in [-0.2, -0.15) is 0 Å². The summed E-state index contributed by atoms with van der Waals surface area (Å²) in [4.78, 5) is 36.5. The van der Waals surface area contributed by atoms with E-state index in [4.69, 9.17) is 4.74 Å². The third kappa shape index (κ3) is 6.40. The Kier molecular flexibility index (Phi) is 7.30. The number of esters is 1. The molecule has 1 N–H and O–H groups in total. The largest absolute Gasteiger partial charge is 0.456 e. The Morgan fingerprint density at radius 2 is 1.62 bits per heavy atom. The molecule has 0 aliphatic rings. The van der Waals surface area contributed by atoms with Crippen molar-refractivity contribution in [2.45, 2.75) is 19.3 Å². The van der Waals surface area contributed by atoms with Gasteiger partial charge in [-0.1, -0.05) is 54.6 Å². The molecule has 2 aromatic carbocycles. The Morgan fingerprint density at radius 3 is 2.38 bits per heavy atom. The summed E-state index contributed by atoms with van der Waals surface area (Å²) in [7, 11) is 0. The Balaban J connectivity index is 1.47. The summed E-state index contributed by atoms with van der Waals surface area (Å²) in [6, 6.07) is 21.0. The van der Waals surface area contributed by atoms with Crippen LogP contribution >= 0.6 is 11.3 Å². The van der Waals surface area contributed by atoms with Gasteiger partial charge in [-0.05, 0) is 35.1 Å². The van der Waals surface area contributed by atoms with Crippen LogP contribution in [0.15, 0.2) is 72.1 Å². The predicted molar refractivity (Wildman–Crippen MR) is 113 cm³/mol. The summed E-state index contributed by atoms with van der Waals surface area (Å²) in [6.07, 6.45) is 0.706. The van der Waals surface area contributed by atoms with Crippen molar-refractivity contribution in [2.24, 2.45) is 0 Å². The van der Waals surface area contributed by atoms with Crippen molar-refractivity contribution < 1.29 is 19.1 Å². The van der Waals surface area contributed by atoms with Crippen molar-refractivity contribution in [3.8, 4) is 0 Å². The van der Waals surface area contributed by atoms with Crippen LogP contribution in [0.2, 0.25) is 0 Å². The molecule has 0 spiro atoms. The van der Waals surface area contributed by atoms with Gasteiger partial charge in [0.2, 0.25) is 0 Å². The number of carbonyl (C=O) groups excluding carboxylic acids is 3. The van der Waals surface area contributed by atoms with Crippen LogP contribution in [-0.2, 0) is 20.7 Å². The minimum absolute atomic E-state index is 0.0470. The van der Waals surface area contributed by atoms with E-state index in [1.165, 1.54) is 11.3 Å². The molecular formula is C23H21NO4S. The summed E-state index contributed by atoms with van der Waals surface area (Å²) in [5, 5.41) is 4.60. The molecule has 0 atom stereocenters. The average molecular weight is 407 g/mol. The normalized spacial score (nSPS) is 10.3. The van der Waals surface area contributed by atoms with E-state index < -0.39 is 11.9 Å². The zero-order chi connectivity index (χ0) is 20.5. The number of nitrogens with one attached hydrogen (secondary N) is 1. The highest BCUT2D eigenvalue weighted by Gasteiger charge is 2.13. The molecule has 1 aromatic heterocycles. The summed E-state index contributed by atoms with van der Waals surface area (Å²) in [5.41, 5.74) is 2.79. The first-order valence-electron chi connectivity index (χ1n) is 9.26. The molecule has 1 amide bonds. The number of benzene rings is 2. The molecule has 0 saturated heterocycles. The van der Waals surface area contributed by atoms with Gasteiger partial charge in [-0.25, -0.2) is 0 Å². The predicted octanol–water partition coefficient (Wildman–Crippen LogP) is 4.48. The maximum absolute atomic E-state index is 12.2. The zero-order valence-corrected chi connectivity index (χ0v) is 16.6. The van der Waals surface area contributed by atoms with E-state index in [2.05, 4.69) is 5.32 Å². The smallest absolute Gasteiger partial charge is 0.306 e. The fourth-order valence-corrected chi connectivity index (χ4v) is 3.49. The Bertz CT molecular complexity index is 968. The minimum atomic E-state index is -0.567. The highest BCUT2D eigenvalue weighted by atomic mass is 32.1. The van der Waals surface area contributed by atoms with Crippen LogP contribution in [0.5, 0.6) is 0 Å². The molecule has 0 aliphatic heterocycles. The minimum Gasteiger partial charge on any atom is -0.456 e. The molecule has 6 heteroatoms. The van der Waals surface area contributed by atoms with E-state index >= 15 is 0 Å². The first kappa shape index (κ1) is 20.5. The standard InChI is InChI=1S/C23H21NO4S/c25-20(21-11-6-14-29-21)12-13-23(27)28-16-22(26)24-19-10-5-4-9-18(19)15-17-7-2-1-3-8-17/h1-11,14H,12-13,15-16H2,(H,24,26). The molecule has 3 rings (SSSR count). The van der Waals surface area contributed by atoms with E-state index in [9.17, 15) is 14.4 Å². The van der Waals surface area contributed by atoms with Crippen molar-refractivity contribution in [2.75, 3.05) is 11.9 Å². The van der Waals surface area contributed by atoms with Gasteiger partial charge in [0.25, 0.3) is 5.91 Å². The molecule has 1 heterocycles. The lowest BCUT2D eigenvalue weighted by Gasteiger charge is -2.11. The second-order valence-electron chi connectivity index (χ2n) is 6.43. The monoisotopic (exact) mass is 407 g/mol. The summed E-state index contributed by atoms with van der Waals surface area (Å²) >= 11 is 1.34. The molecule has 3 aromatic rings. The number of rotatable bonds is 9. The van der Waals surface area contributed by atoms with E-state index in [1.54, 1.807) is 12.1 Å². The molecule has 0 fully saturated rings. The average Bonchev–Trinajstić information content (AvgIpc) is 3.28. The lowest BCUT2D eigenvalue weighted by molar-refractivity contribution is -0.147. The molecule has 0 unspecified atom stereocenters. The number of anilines is 1. The summed E-state index contributed by atoms with van der Waals surface area (Å²) < 4.78 is 5.00. The topological polar surface area (TPSA) is 72.5 Å². The number of Topliss-reactive ketones (excluding diaryl/α,β-unsaturated/α-hetero) is 1. The van der Waals surface area contributed by atoms with Gasteiger partial charge in [0.15, 0.2) is 12.4 Å². The van der Waals surface area contributed by atoms with Crippen molar-refractivity contribution in [3.05, 3.63) is 88.1 Å². The number of hydrogen-bond acceptors (Lipinski definition) is 5. The Morgan fingerprint density at radius 1 is 0.862 bits per heavy atom. The number of amides is 1. The second kappa shape index (κ2) is 10.3. The van der Waals surface area contributed by atoms with E-state index in [1.807, 2.05) is 60.0 Å². The Hall–Kier alpha value is -3.25. The van der Waals surface area contributed by atoms with Crippen molar-refractivity contribution in [1.29, 1.82) is 0 Å². The van der Waals surface area contributed by atoms with Crippen LogP contribution in [0, 0.1) is 0 Å². The third-order valence-electron chi connectivity index (χ3n) is 4.25. The van der Waals surface area contributed by atoms with E-state index in [-0.39, 0.29) is 25.2 Å². The molecule has 0 bridgehead atoms. The van der Waals surface area contributed by atoms with Crippen LogP contribution in [0.4, 0.5) is 5.69 Å². The van der Waals surface area contributed by atoms with E-state index in [0.717, 1.165) is 11.1 Å². The van der Waals surface area contributed by atoms with E-state index in [0.29, 0.717) is 17.0 Å².